The quantitative estimate of drug-likeness (QED) is 0.674. The van der Waals surface area contributed by atoms with Crippen LogP contribution in [-0.4, -0.2) is 21.6 Å². The number of hydrogen-bond acceptors (Lipinski definition) is 5. The second-order valence-corrected chi connectivity index (χ2v) is 7.17. The maximum atomic E-state index is 5.46. The molecule has 25 heavy (non-hydrogen) atoms. The van der Waals surface area contributed by atoms with E-state index < -0.39 is 0 Å². The van der Waals surface area contributed by atoms with E-state index in [9.17, 15) is 0 Å². The molecule has 2 aromatic carbocycles. The number of aryl methyl sites for hydroxylation is 1. The largest absolute Gasteiger partial charge is 0.454 e. The number of H-pyrrole nitrogens is 1. The molecule has 0 bridgehead atoms. The number of aromatic amines is 1. The third kappa shape index (κ3) is 3.43. The fourth-order valence-corrected chi connectivity index (χ4v) is 3.82. The lowest BCUT2D eigenvalue weighted by atomic mass is 10.2. The summed E-state index contributed by atoms with van der Waals surface area (Å²) in [6.07, 6.45) is 0. The molecule has 0 radical (unpaired) electrons. The van der Waals surface area contributed by atoms with Crippen LogP contribution in [-0.2, 0) is 11.5 Å². The summed E-state index contributed by atoms with van der Waals surface area (Å²) in [5.41, 5.74) is 3.51. The van der Waals surface area contributed by atoms with Crippen molar-refractivity contribution in [1.82, 2.24) is 14.8 Å². The van der Waals surface area contributed by atoms with Crippen molar-refractivity contribution in [3.8, 4) is 17.2 Å². The molecule has 1 aromatic heterocycles. The van der Waals surface area contributed by atoms with Gasteiger partial charge >= 0.3 is 0 Å². The predicted molar refractivity (Wildman–Crippen MR) is 101 cm³/mol. The third-order valence-corrected chi connectivity index (χ3v) is 5.25. The Bertz CT molecular complexity index is 948. The van der Waals surface area contributed by atoms with Crippen molar-refractivity contribution >= 4 is 24.0 Å². The minimum Gasteiger partial charge on any atom is -0.454 e. The van der Waals surface area contributed by atoms with E-state index in [4.69, 9.17) is 21.7 Å². The molecule has 0 amide bonds. The van der Waals surface area contributed by atoms with Crippen molar-refractivity contribution in [3.05, 3.63) is 64.2 Å². The van der Waals surface area contributed by atoms with Crippen LogP contribution in [0.15, 0.2) is 42.5 Å². The van der Waals surface area contributed by atoms with Crippen molar-refractivity contribution in [1.29, 1.82) is 0 Å². The van der Waals surface area contributed by atoms with Gasteiger partial charge in [0.25, 0.3) is 0 Å². The first-order chi connectivity index (χ1) is 12.2. The highest BCUT2D eigenvalue weighted by atomic mass is 32.2. The molecule has 7 heteroatoms. The Labute approximate surface area is 155 Å². The Morgan fingerprint density at radius 1 is 1.12 bits per heavy atom. The molecule has 1 aliphatic heterocycles. The zero-order valence-electron chi connectivity index (χ0n) is 13.7. The average Bonchev–Trinajstić information content (AvgIpc) is 3.22. The van der Waals surface area contributed by atoms with Gasteiger partial charge < -0.3 is 9.47 Å². The number of hydrogen-bond donors (Lipinski definition) is 1. The topological polar surface area (TPSA) is 52.1 Å². The number of fused-ring (bicyclic) bond motifs is 1. The zero-order chi connectivity index (χ0) is 17.2. The molecule has 2 heterocycles. The first kappa shape index (κ1) is 16.2. The fourth-order valence-electron chi connectivity index (χ4n) is 2.66. The summed E-state index contributed by atoms with van der Waals surface area (Å²) in [6.45, 7) is 2.36. The second kappa shape index (κ2) is 6.93. The Hall–Kier alpha value is -2.25. The molecule has 0 saturated heterocycles. The lowest BCUT2D eigenvalue weighted by molar-refractivity contribution is 0.174. The zero-order valence-corrected chi connectivity index (χ0v) is 15.3. The summed E-state index contributed by atoms with van der Waals surface area (Å²) in [6, 6.07) is 14.4. The number of thioether (sulfide) groups is 1. The van der Waals surface area contributed by atoms with Gasteiger partial charge in [-0.25, -0.2) is 0 Å². The van der Waals surface area contributed by atoms with Gasteiger partial charge in [0.2, 0.25) is 6.79 Å². The number of benzene rings is 2. The molecule has 1 aliphatic rings. The molecule has 4 rings (SSSR count). The highest BCUT2D eigenvalue weighted by Crippen LogP contribution is 2.34. The van der Waals surface area contributed by atoms with Gasteiger partial charge in [-0.3, -0.25) is 9.67 Å². The number of rotatable bonds is 5. The van der Waals surface area contributed by atoms with Crippen molar-refractivity contribution < 1.29 is 9.47 Å². The smallest absolute Gasteiger partial charge is 0.231 e. The molecule has 0 fully saturated rings. The van der Waals surface area contributed by atoms with Crippen LogP contribution in [0.3, 0.4) is 0 Å². The maximum absolute atomic E-state index is 5.46. The number of nitrogens with zero attached hydrogens (tertiary/aromatic N) is 2. The van der Waals surface area contributed by atoms with E-state index in [2.05, 4.69) is 41.4 Å². The molecule has 5 nitrogen and oxygen atoms in total. The summed E-state index contributed by atoms with van der Waals surface area (Å²) in [5, 5.41) is 7.27. The van der Waals surface area contributed by atoms with Crippen LogP contribution in [0.1, 0.15) is 17.0 Å². The van der Waals surface area contributed by atoms with Crippen molar-refractivity contribution in [2.75, 3.05) is 6.79 Å². The van der Waals surface area contributed by atoms with Crippen LogP contribution in [0.25, 0.3) is 5.69 Å². The molecule has 0 atom stereocenters. The minimum absolute atomic E-state index is 0.259. The van der Waals surface area contributed by atoms with Crippen LogP contribution < -0.4 is 9.47 Å². The van der Waals surface area contributed by atoms with E-state index in [0.29, 0.717) is 4.77 Å². The number of ether oxygens (including phenoxy) is 2. The van der Waals surface area contributed by atoms with Crippen LogP contribution in [0, 0.1) is 11.7 Å². The SMILES string of the molecule is Cc1ccc(CSCc2n[nH]c(=S)n2-c2ccc3c(c2)OCO3)cc1. The molecular weight excluding hydrogens is 354 g/mol. The summed E-state index contributed by atoms with van der Waals surface area (Å²) in [5.74, 6) is 4.07. The summed E-state index contributed by atoms with van der Waals surface area (Å²) in [4.78, 5) is 0. The first-order valence-corrected chi connectivity index (χ1v) is 9.46. The van der Waals surface area contributed by atoms with Crippen LogP contribution in [0.2, 0.25) is 0 Å². The second-order valence-electron chi connectivity index (χ2n) is 5.80. The lowest BCUT2D eigenvalue weighted by Gasteiger charge is -2.08. The summed E-state index contributed by atoms with van der Waals surface area (Å²) < 4.78 is 13.3. The fraction of sp³-hybridized carbons (Fsp3) is 0.222. The summed E-state index contributed by atoms with van der Waals surface area (Å²) >= 11 is 7.21. The number of nitrogens with one attached hydrogen (secondary N) is 1. The highest BCUT2D eigenvalue weighted by Gasteiger charge is 2.16. The monoisotopic (exact) mass is 371 g/mol. The molecule has 0 unspecified atom stereocenters. The predicted octanol–water partition coefficient (Wildman–Crippen LogP) is 4.40. The van der Waals surface area contributed by atoms with Gasteiger partial charge in [-0.05, 0) is 36.8 Å². The van der Waals surface area contributed by atoms with E-state index in [0.717, 1.165) is 34.5 Å². The Morgan fingerprint density at radius 3 is 2.76 bits per heavy atom. The summed E-state index contributed by atoms with van der Waals surface area (Å²) in [7, 11) is 0. The van der Waals surface area contributed by atoms with Crippen molar-refractivity contribution in [2.24, 2.45) is 0 Å². The Kier molecular flexibility index (Phi) is 4.50. The van der Waals surface area contributed by atoms with E-state index in [-0.39, 0.29) is 6.79 Å². The van der Waals surface area contributed by atoms with Gasteiger partial charge in [-0.15, -0.1) is 11.8 Å². The Balaban J connectivity index is 1.52. The molecular formula is C18H17N3O2S2. The molecule has 1 N–H and O–H groups in total. The van der Waals surface area contributed by atoms with Gasteiger partial charge in [0.1, 0.15) is 5.82 Å². The standard InChI is InChI=1S/C18H17N3O2S2/c1-12-2-4-13(5-3-12)9-25-10-17-19-20-18(24)21(17)14-6-7-15-16(8-14)23-11-22-15/h2-8H,9-11H2,1H3,(H,20,24). The van der Waals surface area contributed by atoms with Crippen LogP contribution in [0.5, 0.6) is 11.5 Å². The van der Waals surface area contributed by atoms with E-state index in [1.807, 2.05) is 34.5 Å². The van der Waals surface area contributed by atoms with Gasteiger partial charge in [0.15, 0.2) is 16.3 Å². The number of aromatic nitrogens is 3. The van der Waals surface area contributed by atoms with E-state index in [1.54, 1.807) is 0 Å². The Morgan fingerprint density at radius 2 is 1.92 bits per heavy atom. The molecule has 0 aliphatic carbocycles. The van der Waals surface area contributed by atoms with Gasteiger partial charge in [-0.1, -0.05) is 29.8 Å². The average molecular weight is 371 g/mol. The third-order valence-electron chi connectivity index (χ3n) is 3.98. The maximum Gasteiger partial charge on any atom is 0.231 e. The first-order valence-electron chi connectivity index (χ1n) is 7.90. The van der Waals surface area contributed by atoms with Crippen LogP contribution in [0.4, 0.5) is 0 Å². The molecule has 3 aromatic rings. The van der Waals surface area contributed by atoms with E-state index in [1.165, 1.54) is 11.1 Å². The highest BCUT2D eigenvalue weighted by molar-refractivity contribution is 7.97. The van der Waals surface area contributed by atoms with Gasteiger partial charge in [0.05, 0.1) is 11.4 Å². The van der Waals surface area contributed by atoms with Crippen molar-refractivity contribution in [2.45, 2.75) is 18.4 Å². The minimum atomic E-state index is 0.259. The van der Waals surface area contributed by atoms with Gasteiger partial charge in [0, 0.05) is 11.8 Å². The molecule has 0 saturated carbocycles. The molecule has 0 spiro atoms. The van der Waals surface area contributed by atoms with Crippen LogP contribution >= 0.6 is 24.0 Å². The van der Waals surface area contributed by atoms with Gasteiger partial charge in [-0.2, -0.15) is 5.10 Å². The van der Waals surface area contributed by atoms with Crippen molar-refractivity contribution in [3.63, 3.8) is 0 Å². The van der Waals surface area contributed by atoms with E-state index >= 15 is 0 Å². The lowest BCUT2D eigenvalue weighted by Crippen LogP contribution is -2.00. The normalized spacial score (nSPS) is 12.5. The molecule has 128 valence electrons.